The van der Waals surface area contributed by atoms with Crippen LogP contribution >= 0.6 is 0 Å². The average molecular weight is 285 g/mol. The number of methoxy groups -OCH3 is 1. The van der Waals surface area contributed by atoms with Crippen LogP contribution in [0.5, 0.6) is 5.75 Å². The quantitative estimate of drug-likeness (QED) is 0.795. The van der Waals surface area contributed by atoms with Gasteiger partial charge in [0.15, 0.2) is 9.84 Å². The van der Waals surface area contributed by atoms with Crippen molar-refractivity contribution in [3.8, 4) is 5.75 Å². The third-order valence-corrected chi connectivity index (χ3v) is 5.02. The Morgan fingerprint density at radius 2 is 2.00 bits per heavy atom. The van der Waals surface area contributed by atoms with E-state index in [2.05, 4.69) is 5.32 Å². The molecular formula is C13H19NO4S. The van der Waals surface area contributed by atoms with Crippen molar-refractivity contribution in [3.05, 3.63) is 29.8 Å². The number of hydrogen-bond donors (Lipinski definition) is 2. The molecule has 1 fully saturated rings. The zero-order valence-electron chi connectivity index (χ0n) is 10.9. The van der Waals surface area contributed by atoms with Crippen LogP contribution in [0.25, 0.3) is 0 Å². The summed E-state index contributed by atoms with van der Waals surface area (Å²) in [7, 11) is -1.45. The molecule has 5 nitrogen and oxygen atoms in total. The molecule has 0 amide bonds. The lowest BCUT2D eigenvalue weighted by atomic mass is 10.1. The van der Waals surface area contributed by atoms with E-state index in [9.17, 15) is 13.5 Å². The Labute approximate surface area is 113 Å². The molecule has 0 bridgehead atoms. The molecular weight excluding hydrogens is 266 g/mol. The minimum absolute atomic E-state index is 0.0246. The highest BCUT2D eigenvalue weighted by Gasteiger charge is 2.35. The molecule has 0 saturated carbocycles. The number of benzene rings is 1. The van der Waals surface area contributed by atoms with Gasteiger partial charge in [0.25, 0.3) is 0 Å². The molecule has 0 spiro atoms. The molecule has 2 atom stereocenters. The van der Waals surface area contributed by atoms with Gasteiger partial charge < -0.3 is 15.2 Å². The monoisotopic (exact) mass is 285 g/mol. The number of ether oxygens (including phenoxy) is 1. The third kappa shape index (κ3) is 3.92. The van der Waals surface area contributed by atoms with Gasteiger partial charge in [-0.2, -0.15) is 0 Å². The fourth-order valence-electron chi connectivity index (χ4n) is 2.22. The first-order valence-electron chi connectivity index (χ1n) is 6.25. The standard InChI is InChI=1S/C13H19NO4S/c1-18-11-4-2-10(3-5-11)6-7-14-12-8-19(16,17)9-13(12)15/h2-5,12-15H,6-9H2,1H3/t12-,13+/m0/s1. The Bertz CT molecular complexity index is 512. The van der Waals surface area contributed by atoms with Crippen molar-refractivity contribution in [2.24, 2.45) is 0 Å². The summed E-state index contributed by atoms with van der Waals surface area (Å²) >= 11 is 0. The van der Waals surface area contributed by atoms with Crippen LogP contribution < -0.4 is 10.1 Å². The van der Waals surface area contributed by atoms with E-state index in [1.165, 1.54) is 0 Å². The average Bonchev–Trinajstić information content (AvgIpc) is 2.63. The van der Waals surface area contributed by atoms with E-state index < -0.39 is 15.9 Å². The number of rotatable bonds is 5. The Balaban J connectivity index is 1.80. The van der Waals surface area contributed by atoms with E-state index >= 15 is 0 Å². The van der Waals surface area contributed by atoms with Crippen molar-refractivity contribution in [2.45, 2.75) is 18.6 Å². The van der Waals surface area contributed by atoms with Crippen LogP contribution in [0.1, 0.15) is 5.56 Å². The molecule has 1 aromatic rings. The minimum Gasteiger partial charge on any atom is -0.497 e. The zero-order valence-corrected chi connectivity index (χ0v) is 11.7. The smallest absolute Gasteiger partial charge is 0.154 e. The molecule has 1 aliphatic rings. The normalized spacial score (nSPS) is 25.4. The molecule has 1 aliphatic heterocycles. The zero-order chi connectivity index (χ0) is 13.9. The second-order valence-corrected chi connectivity index (χ2v) is 6.96. The highest BCUT2D eigenvalue weighted by molar-refractivity contribution is 7.91. The van der Waals surface area contributed by atoms with E-state index in [4.69, 9.17) is 4.74 Å². The van der Waals surface area contributed by atoms with E-state index in [1.54, 1.807) is 7.11 Å². The Morgan fingerprint density at radius 3 is 2.53 bits per heavy atom. The maximum Gasteiger partial charge on any atom is 0.154 e. The second kappa shape index (κ2) is 5.90. The van der Waals surface area contributed by atoms with Crippen molar-refractivity contribution in [1.29, 1.82) is 0 Å². The van der Waals surface area contributed by atoms with Gasteiger partial charge in [-0.3, -0.25) is 0 Å². The van der Waals surface area contributed by atoms with Crippen LogP contribution in [0.15, 0.2) is 24.3 Å². The Morgan fingerprint density at radius 1 is 1.32 bits per heavy atom. The summed E-state index contributed by atoms with van der Waals surface area (Å²) < 4.78 is 27.8. The predicted molar refractivity (Wildman–Crippen MR) is 73.1 cm³/mol. The first-order chi connectivity index (χ1) is 9.00. The van der Waals surface area contributed by atoms with Gasteiger partial charge in [-0.25, -0.2) is 8.42 Å². The van der Waals surface area contributed by atoms with Crippen molar-refractivity contribution in [1.82, 2.24) is 5.32 Å². The molecule has 0 aromatic heterocycles. The lowest BCUT2D eigenvalue weighted by Crippen LogP contribution is -2.39. The lowest BCUT2D eigenvalue weighted by molar-refractivity contribution is 0.166. The highest BCUT2D eigenvalue weighted by Crippen LogP contribution is 2.13. The van der Waals surface area contributed by atoms with Crippen LogP contribution in [0.2, 0.25) is 0 Å². The van der Waals surface area contributed by atoms with Gasteiger partial charge in [0, 0.05) is 6.04 Å². The number of aliphatic hydroxyl groups is 1. The van der Waals surface area contributed by atoms with Gasteiger partial charge >= 0.3 is 0 Å². The SMILES string of the molecule is COc1ccc(CCN[C@H]2CS(=O)(=O)C[C@H]2O)cc1. The topological polar surface area (TPSA) is 75.6 Å². The third-order valence-electron chi connectivity index (χ3n) is 3.30. The van der Waals surface area contributed by atoms with E-state index in [0.29, 0.717) is 6.54 Å². The van der Waals surface area contributed by atoms with E-state index in [-0.39, 0.29) is 17.5 Å². The van der Waals surface area contributed by atoms with Crippen LogP contribution in [0, 0.1) is 0 Å². The van der Waals surface area contributed by atoms with Crippen LogP contribution in [-0.2, 0) is 16.3 Å². The van der Waals surface area contributed by atoms with Gasteiger partial charge in [0.1, 0.15) is 5.75 Å². The minimum atomic E-state index is -3.08. The molecule has 1 aromatic carbocycles. The molecule has 0 aliphatic carbocycles. The van der Waals surface area contributed by atoms with Gasteiger partial charge in [-0.05, 0) is 30.7 Å². The van der Waals surface area contributed by atoms with Crippen molar-refractivity contribution in [2.75, 3.05) is 25.2 Å². The summed E-state index contributed by atoms with van der Waals surface area (Å²) in [6.07, 6.45) is -0.00588. The molecule has 106 valence electrons. The first-order valence-corrected chi connectivity index (χ1v) is 8.07. The Hall–Kier alpha value is -1.11. The van der Waals surface area contributed by atoms with Crippen LogP contribution in [0.3, 0.4) is 0 Å². The first kappa shape index (κ1) is 14.3. The maximum atomic E-state index is 11.3. The summed E-state index contributed by atoms with van der Waals surface area (Å²) in [6, 6.07) is 7.39. The summed E-state index contributed by atoms with van der Waals surface area (Å²) in [6.45, 7) is 0.642. The molecule has 2 rings (SSSR count). The lowest BCUT2D eigenvalue weighted by Gasteiger charge is -2.14. The second-order valence-electron chi connectivity index (χ2n) is 4.80. The Kier molecular flexibility index (Phi) is 4.44. The highest BCUT2D eigenvalue weighted by atomic mass is 32.2. The maximum absolute atomic E-state index is 11.3. The molecule has 0 radical (unpaired) electrons. The molecule has 1 heterocycles. The van der Waals surface area contributed by atoms with E-state index in [0.717, 1.165) is 17.7 Å². The van der Waals surface area contributed by atoms with Crippen molar-refractivity contribution < 1.29 is 18.3 Å². The fourth-order valence-corrected chi connectivity index (χ4v) is 3.99. The molecule has 19 heavy (non-hydrogen) atoms. The summed E-state index contributed by atoms with van der Waals surface area (Å²) in [4.78, 5) is 0. The number of aliphatic hydroxyl groups excluding tert-OH is 1. The number of sulfone groups is 1. The number of hydrogen-bond acceptors (Lipinski definition) is 5. The van der Waals surface area contributed by atoms with E-state index in [1.807, 2.05) is 24.3 Å². The summed E-state index contributed by atoms with van der Waals surface area (Å²) in [5.41, 5.74) is 1.14. The van der Waals surface area contributed by atoms with Gasteiger partial charge in [0.2, 0.25) is 0 Å². The van der Waals surface area contributed by atoms with Gasteiger partial charge in [0.05, 0.1) is 24.7 Å². The van der Waals surface area contributed by atoms with Crippen molar-refractivity contribution in [3.63, 3.8) is 0 Å². The summed E-state index contributed by atoms with van der Waals surface area (Å²) in [5.74, 6) is 0.707. The fraction of sp³-hybridized carbons (Fsp3) is 0.538. The summed E-state index contributed by atoms with van der Waals surface area (Å²) in [5, 5.41) is 12.7. The molecule has 6 heteroatoms. The number of nitrogens with one attached hydrogen (secondary N) is 1. The predicted octanol–water partition coefficient (Wildman–Crippen LogP) is -0.0148. The molecule has 2 N–H and O–H groups in total. The van der Waals surface area contributed by atoms with Gasteiger partial charge in [-0.1, -0.05) is 12.1 Å². The largest absolute Gasteiger partial charge is 0.497 e. The van der Waals surface area contributed by atoms with Crippen molar-refractivity contribution >= 4 is 9.84 Å². The molecule has 0 unspecified atom stereocenters. The van der Waals surface area contributed by atoms with Gasteiger partial charge in [-0.15, -0.1) is 0 Å². The van der Waals surface area contributed by atoms with Crippen LogP contribution in [0.4, 0.5) is 0 Å². The van der Waals surface area contributed by atoms with Crippen LogP contribution in [-0.4, -0.2) is 50.8 Å². The molecule has 1 saturated heterocycles.